The van der Waals surface area contributed by atoms with Gasteiger partial charge in [0.2, 0.25) is 5.91 Å². The second kappa shape index (κ2) is 8.40. The molecule has 0 aromatic heterocycles. The minimum Gasteiger partial charge on any atom is -0.354 e. The molecule has 4 heteroatoms. The van der Waals surface area contributed by atoms with Crippen LogP contribution in [0.1, 0.15) is 49.7 Å². The number of benzene rings is 1. The largest absolute Gasteiger partial charge is 0.354 e. The zero-order chi connectivity index (χ0) is 14.4. The Balaban J connectivity index is 0.00000220. The summed E-state index contributed by atoms with van der Waals surface area (Å²) in [7, 11) is 0. The van der Waals surface area contributed by atoms with Crippen LogP contribution in [0.5, 0.6) is 0 Å². The summed E-state index contributed by atoms with van der Waals surface area (Å²) in [6, 6.07) is 8.23. The summed E-state index contributed by atoms with van der Waals surface area (Å²) in [6.07, 6.45) is 7.07. The highest BCUT2D eigenvalue weighted by Gasteiger charge is 2.27. The maximum Gasteiger partial charge on any atom is 0.220 e. The van der Waals surface area contributed by atoms with Crippen LogP contribution in [0.3, 0.4) is 0 Å². The number of carbonyl (C=O) groups excluding carboxylic acids is 1. The van der Waals surface area contributed by atoms with Crippen molar-refractivity contribution in [2.45, 2.75) is 57.4 Å². The normalized spacial score (nSPS) is 16.9. The average molecular weight is 311 g/mol. The number of hydrogen-bond acceptors (Lipinski definition) is 2. The van der Waals surface area contributed by atoms with Crippen molar-refractivity contribution in [2.24, 2.45) is 5.73 Å². The van der Waals surface area contributed by atoms with E-state index in [1.165, 1.54) is 30.4 Å². The van der Waals surface area contributed by atoms with E-state index >= 15 is 0 Å². The molecule has 0 unspecified atom stereocenters. The molecule has 1 aliphatic rings. The van der Waals surface area contributed by atoms with Gasteiger partial charge in [0.1, 0.15) is 0 Å². The number of amides is 1. The molecule has 0 aliphatic heterocycles. The lowest BCUT2D eigenvalue weighted by atomic mass is 9.82. The Labute approximate surface area is 134 Å². The van der Waals surface area contributed by atoms with E-state index in [0.29, 0.717) is 13.0 Å². The highest BCUT2D eigenvalue weighted by Crippen LogP contribution is 2.25. The molecule has 1 aliphatic carbocycles. The molecule has 1 amide bonds. The molecule has 1 aromatic rings. The predicted octanol–water partition coefficient (Wildman–Crippen LogP) is 3.13. The van der Waals surface area contributed by atoms with E-state index in [4.69, 9.17) is 5.73 Å². The maximum atomic E-state index is 11.9. The summed E-state index contributed by atoms with van der Waals surface area (Å²) >= 11 is 0. The van der Waals surface area contributed by atoms with Crippen LogP contribution >= 0.6 is 12.4 Å². The monoisotopic (exact) mass is 310 g/mol. The van der Waals surface area contributed by atoms with E-state index in [1.54, 1.807) is 0 Å². The van der Waals surface area contributed by atoms with Crippen molar-refractivity contribution in [3.05, 3.63) is 35.4 Å². The Morgan fingerprint density at radius 2 is 1.90 bits per heavy atom. The van der Waals surface area contributed by atoms with Crippen molar-refractivity contribution in [3.8, 4) is 0 Å². The first kappa shape index (κ1) is 18.0. The molecular formula is C17H27ClN2O. The Morgan fingerprint density at radius 3 is 2.57 bits per heavy atom. The van der Waals surface area contributed by atoms with Gasteiger partial charge in [-0.05, 0) is 37.3 Å². The third-order valence-electron chi connectivity index (χ3n) is 4.37. The first-order chi connectivity index (χ1) is 9.59. The van der Waals surface area contributed by atoms with Crippen LogP contribution in [0, 0.1) is 6.92 Å². The SMILES string of the molecule is Cc1ccccc1CCC(=O)NCC1(N)CCCCC1.Cl. The van der Waals surface area contributed by atoms with Crippen LogP contribution in [-0.4, -0.2) is 18.0 Å². The van der Waals surface area contributed by atoms with Gasteiger partial charge in [0.15, 0.2) is 0 Å². The third-order valence-corrected chi connectivity index (χ3v) is 4.37. The number of carbonyl (C=O) groups is 1. The topological polar surface area (TPSA) is 55.1 Å². The smallest absolute Gasteiger partial charge is 0.220 e. The van der Waals surface area contributed by atoms with Crippen molar-refractivity contribution < 1.29 is 4.79 Å². The van der Waals surface area contributed by atoms with E-state index in [-0.39, 0.29) is 23.9 Å². The van der Waals surface area contributed by atoms with Gasteiger partial charge in [-0.3, -0.25) is 4.79 Å². The van der Waals surface area contributed by atoms with Gasteiger partial charge >= 0.3 is 0 Å². The lowest BCUT2D eigenvalue weighted by Gasteiger charge is -2.33. The molecule has 0 spiro atoms. The molecule has 0 bridgehead atoms. The summed E-state index contributed by atoms with van der Waals surface area (Å²) < 4.78 is 0. The Morgan fingerprint density at radius 1 is 1.24 bits per heavy atom. The molecule has 1 saturated carbocycles. The predicted molar refractivity (Wildman–Crippen MR) is 89.8 cm³/mol. The van der Waals surface area contributed by atoms with Crippen molar-refractivity contribution in [1.29, 1.82) is 0 Å². The quantitative estimate of drug-likeness (QED) is 0.878. The fraction of sp³-hybridized carbons (Fsp3) is 0.588. The van der Waals surface area contributed by atoms with Crippen LogP contribution in [0.4, 0.5) is 0 Å². The molecule has 0 heterocycles. The Kier molecular flexibility index (Phi) is 7.20. The van der Waals surface area contributed by atoms with Gasteiger partial charge in [0.25, 0.3) is 0 Å². The number of nitrogens with two attached hydrogens (primary N) is 1. The van der Waals surface area contributed by atoms with Gasteiger partial charge in [-0.25, -0.2) is 0 Å². The fourth-order valence-corrected chi connectivity index (χ4v) is 2.93. The molecule has 2 rings (SSSR count). The molecule has 3 nitrogen and oxygen atoms in total. The van der Waals surface area contributed by atoms with Gasteiger partial charge in [-0.1, -0.05) is 43.5 Å². The van der Waals surface area contributed by atoms with Crippen LogP contribution in [0.15, 0.2) is 24.3 Å². The van der Waals surface area contributed by atoms with Crippen LogP contribution in [0.25, 0.3) is 0 Å². The summed E-state index contributed by atoms with van der Waals surface area (Å²) in [5.74, 6) is 0.114. The van der Waals surface area contributed by atoms with Gasteiger partial charge in [0, 0.05) is 18.5 Å². The highest BCUT2D eigenvalue weighted by molar-refractivity contribution is 5.85. The van der Waals surface area contributed by atoms with Gasteiger partial charge in [0.05, 0.1) is 0 Å². The molecular weight excluding hydrogens is 284 g/mol. The molecule has 118 valence electrons. The highest BCUT2D eigenvalue weighted by atomic mass is 35.5. The van der Waals surface area contributed by atoms with Crippen molar-refractivity contribution >= 4 is 18.3 Å². The van der Waals surface area contributed by atoms with Gasteiger partial charge in [-0.15, -0.1) is 12.4 Å². The average Bonchev–Trinajstić information content (AvgIpc) is 2.45. The number of nitrogens with one attached hydrogen (secondary N) is 1. The van der Waals surface area contributed by atoms with Crippen LogP contribution in [-0.2, 0) is 11.2 Å². The van der Waals surface area contributed by atoms with Crippen LogP contribution in [0.2, 0.25) is 0 Å². The first-order valence-corrected chi connectivity index (χ1v) is 7.69. The first-order valence-electron chi connectivity index (χ1n) is 7.69. The number of halogens is 1. The van der Waals surface area contributed by atoms with Crippen molar-refractivity contribution in [2.75, 3.05) is 6.54 Å². The Bertz CT molecular complexity index is 456. The molecule has 21 heavy (non-hydrogen) atoms. The van der Waals surface area contributed by atoms with E-state index in [1.807, 2.05) is 12.1 Å². The summed E-state index contributed by atoms with van der Waals surface area (Å²) in [6.45, 7) is 2.71. The van der Waals surface area contributed by atoms with E-state index < -0.39 is 0 Å². The molecule has 1 fully saturated rings. The van der Waals surface area contributed by atoms with E-state index in [9.17, 15) is 4.79 Å². The molecule has 0 saturated heterocycles. The van der Waals surface area contributed by atoms with E-state index in [0.717, 1.165) is 19.3 Å². The summed E-state index contributed by atoms with van der Waals surface area (Å²) in [5.41, 5.74) is 8.66. The second-order valence-electron chi connectivity index (χ2n) is 6.13. The zero-order valence-corrected chi connectivity index (χ0v) is 13.7. The van der Waals surface area contributed by atoms with Crippen molar-refractivity contribution in [3.63, 3.8) is 0 Å². The van der Waals surface area contributed by atoms with Crippen LogP contribution < -0.4 is 11.1 Å². The standard InChI is InChI=1S/C17H26N2O.ClH/c1-14-7-3-4-8-15(14)9-10-16(20)19-13-17(18)11-5-2-6-12-17;/h3-4,7-8H,2,5-6,9-13,18H2,1H3,(H,19,20);1H. The fourth-order valence-electron chi connectivity index (χ4n) is 2.93. The minimum absolute atomic E-state index is 0. The van der Waals surface area contributed by atoms with Gasteiger partial charge < -0.3 is 11.1 Å². The molecule has 0 radical (unpaired) electrons. The number of rotatable bonds is 5. The Hall–Kier alpha value is -1.06. The molecule has 3 N–H and O–H groups in total. The lowest BCUT2D eigenvalue weighted by Crippen LogP contribution is -2.51. The maximum absolute atomic E-state index is 11.9. The summed E-state index contributed by atoms with van der Waals surface area (Å²) in [4.78, 5) is 11.9. The number of hydrogen-bond donors (Lipinski definition) is 2. The minimum atomic E-state index is -0.170. The molecule has 0 atom stereocenters. The zero-order valence-electron chi connectivity index (χ0n) is 12.9. The summed E-state index contributed by atoms with van der Waals surface area (Å²) in [5, 5.41) is 3.02. The van der Waals surface area contributed by atoms with Gasteiger partial charge in [-0.2, -0.15) is 0 Å². The number of aryl methyl sites for hydroxylation is 2. The van der Waals surface area contributed by atoms with E-state index in [2.05, 4.69) is 24.4 Å². The lowest BCUT2D eigenvalue weighted by molar-refractivity contribution is -0.121. The third kappa shape index (κ3) is 5.68. The second-order valence-corrected chi connectivity index (χ2v) is 6.13. The molecule has 1 aromatic carbocycles. The van der Waals surface area contributed by atoms with Crippen molar-refractivity contribution in [1.82, 2.24) is 5.32 Å².